The summed E-state index contributed by atoms with van der Waals surface area (Å²) in [5.41, 5.74) is 3.04. The van der Waals surface area contributed by atoms with Gasteiger partial charge in [-0.3, -0.25) is 0 Å². The average molecular weight is 400 g/mol. The molecule has 1 aliphatic heterocycles. The minimum atomic E-state index is -0.506. The lowest BCUT2D eigenvalue weighted by atomic mass is 9.90. The number of nitrogens with one attached hydrogen (secondary N) is 2. The summed E-state index contributed by atoms with van der Waals surface area (Å²) < 4.78 is 5.68. The smallest absolute Gasteiger partial charge is 0.338 e. The highest BCUT2D eigenvalue weighted by molar-refractivity contribution is 5.95. The minimum Gasteiger partial charge on any atom is -0.462 e. The van der Waals surface area contributed by atoms with Crippen LogP contribution in [0.2, 0.25) is 0 Å². The number of hydrogen-bond acceptors (Lipinski definition) is 4. The van der Waals surface area contributed by atoms with Crippen molar-refractivity contribution in [2.45, 2.75) is 58.9 Å². The summed E-state index contributed by atoms with van der Waals surface area (Å²) in [4.78, 5) is 27.3. The van der Waals surface area contributed by atoms with Gasteiger partial charge in [0.2, 0.25) is 0 Å². The number of rotatable bonds is 7. The number of anilines is 1. The van der Waals surface area contributed by atoms with Gasteiger partial charge in [-0.1, -0.05) is 31.4 Å². The van der Waals surface area contributed by atoms with Crippen LogP contribution >= 0.6 is 0 Å². The fourth-order valence-electron chi connectivity index (χ4n) is 4.31. The molecule has 1 aromatic rings. The number of nitrogens with zero attached hydrogens (tertiary/aromatic N) is 1. The highest BCUT2D eigenvalue weighted by Gasteiger charge is 2.32. The molecule has 2 amide bonds. The maximum absolute atomic E-state index is 12.9. The third-order valence-electron chi connectivity index (χ3n) is 6.02. The quantitative estimate of drug-likeness (QED) is 0.671. The maximum Gasteiger partial charge on any atom is 0.338 e. The maximum atomic E-state index is 12.9. The number of ether oxygens (including phenoxy) is 1. The fraction of sp³-hybridized carbons (Fsp3) is 0.565. The van der Waals surface area contributed by atoms with Gasteiger partial charge in [0, 0.05) is 24.5 Å². The first-order valence-electron chi connectivity index (χ1n) is 10.8. The van der Waals surface area contributed by atoms with Crippen LogP contribution in [0.3, 0.4) is 0 Å². The molecule has 1 saturated carbocycles. The van der Waals surface area contributed by atoms with Crippen LogP contribution in [0, 0.1) is 5.92 Å². The third-order valence-corrected chi connectivity index (χ3v) is 6.02. The first-order chi connectivity index (χ1) is 14.0. The minimum absolute atomic E-state index is 0.302. The van der Waals surface area contributed by atoms with Gasteiger partial charge in [0.15, 0.2) is 0 Å². The Morgan fingerprint density at radius 1 is 1.10 bits per heavy atom. The molecule has 1 atom stereocenters. The topological polar surface area (TPSA) is 70.7 Å². The molecule has 2 aliphatic rings. The lowest BCUT2D eigenvalue weighted by Gasteiger charge is -2.29. The largest absolute Gasteiger partial charge is 0.462 e. The Morgan fingerprint density at radius 2 is 1.76 bits per heavy atom. The molecule has 0 radical (unpaired) electrons. The van der Waals surface area contributed by atoms with Crippen LogP contribution in [0.5, 0.6) is 0 Å². The Hall–Kier alpha value is -2.50. The summed E-state index contributed by atoms with van der Waals surface area (Å²) in [6.45, 7) is 8.31. The summed E-state index contributed by atoms with van der Waals surface area (Å²) in [5.74, 6) is 0.102. The number of hydrogen-bond donors (Lipinski definition) is 2. The van der Waals surface area contributed by atoms with Gasteiger partial charge in [-0.2, -0.15) is 0 Å². The van der Waals surface area contributed by atoms with Crippen molar-refractivity contribution in [2.24, 2.45) is 5.92 Å². The Labute approximate surface area is 173 Å². The van der Waals surface area contributed by atoms with E-state index in [0.29, 0.717) is 23.8 Å². The monoisotopic (exact) mass is 399 g/mol. The van der Waals surface area contributed by atoms with Gasteiger partial charge in [-0.05, 0) is 57.2 Å². The first kappa shape index (κ1) is 21.2. The molecule has 6 nitrogen and oxygen atoms in total. The third kappa shape index (κ3) is 5.11. The van der Waals surface area contributed by atoms with Crippen molar-refractivity contribution in [3.05, 3.63) is 41.1 Å². The fourth-order valence-corrected chi connectivity index (χ4v) is 4.31. The van der Waals surface area contributed by atoms with Crippen molar-refractivity contribution >= 4 is 17.7 Å². The lowest BCUT2D eigenvalue weighted by Crippen LogP contribution is -2.45. The molecule has 0 spiro atoms. The second-order valence-corrected chi connectivity index (χ2v) is 7.94. The predicted octanol–water partition coefficient (Wildman–Crippen LogP) is 4.28. The van der Waals surface area contributed by atoms with E-state index in [4.69, 9.17) is 4.74 Å². The van der Waals surface area contributed by atoms with Crippen LogP contribution in [-0.4, -0.2) is 31.7 Å². The van der Waals surface area contributed by atoms with Gasteiger partial charge in [-0.15, -0.1) is 0 Å². The molecule has 29 heavy (non-hydrogen) atoms. The van der Waals surface area contributed by atoms with Crippen molar-refractivity contribution in [1.29, 1.82) is 0 Å². The number of urea groups is 1. The number of amides is 2. The summed E-state index contributed by atoms with van der Waals surface area (Å²) >= 11 is 0. The van der Waals surface area contributed by atoms with Gasteiger partial charge in [0.25, 0.3) is 0 Å². The number of esters is 1. The van der Waals surface area contributed by atoms with Gasteiger partial charge < -0.3 is 20.3 Å². The molecule has 1 fully saturated rings. The SMILES string of the molecule is CCN(CC)c1ccc([C@H]2NC(=O)NC(C)=C2C(=O)OCC2CCCCC2)cc1. The van der Waals surface area contributed by atoms with Gasteiger partial charge in [0.1, 0.15) is 0 Å². The van der Waals surface area contributed by atoms with Crippen LogP contribution in [0.1, 0.15) is 64.5 Å². The van der Waals surface area contributed by atoms with Crippen molar-refractivity contribution in [3.63, 3.8) is 0 Å². The first-order valence-corrected chi connectivity index (χ1v) is 10.8. The number of carbonyl (C=O) groups is 2. The number of carbonyl (C=O) groups excluding carboxylic acids is 2. The van der Waals surface area contributed by atoms with E-state index < -0.39 is 6.04 Å². The van der Waals surface area contributed by atoms with Crippen molar-refractivity contribution in [2.75, 3.05) is 24.6 Å². The van der Waals surface area contributed by atoms with Crippen molar-refractivity contribution in [1.82, 2.24) is 10.6 Å². The second-order valence-electron chi connectivity index (χ2n) is 7.94. The van der Waals surface area contributed by atoms with Crippen molar-refractivity contribution in [3.8, 4) is 0 Å². The molecule has 1 aliphatic carbocycles. The molecule has 0 aromatic heterocycles. The average Bonchev–Trinajstić information content (AvgIpc) is 2.73. The normalized spacial score (nSPS) is 20.1. The summed E-state index contributed by atoms with van der Waals surface area (Å²) in [7, 11) is 0. The molecule has 0 bridgehead atoms. The molecule has 1 heterocycles. The zero-order chi connectivity index (χ0) is 20.8. The summed E-state index contributed by atoms with van der Waals surface area (Å²) in [6, 6.07) is 7.22. The lowest BCUT2D eigenvalue weighted by molar-refractivity contribution is -0.141. The molecule has 158 valence electrons. The predicted molar refractivity (Wildman–Crippen MR) is 115 cm³/mol. The second kappa shape index (κ2) is 9.81. The summed E-state index contributed by atoms with van der Waals surface area (Å²) in [5, 5.41) is 5.60. The zero-order valence-electron chi connectivity index (χ0n) is 17.8. The molecule has 3 rings (SSSR count). The van der Waals surface area contributed by atoms with E-state index in [9.17, 15) is 9.59 Å². The number of benzene rings is 1. The van der Waals surface area contributed by atoms with E-state index >= 15 is 0 Å². The van der Waals surface area contributed by atoms with Gasteiger partial charge in [-0.25, -0.2) is 9.59 Å². The Bertz CT molecular complexity index is 747. The number of allylic oxidation sites excluding steroid dienone is 1. The zero-order valence-corrected chi connectivity index (χ0v) is 17.8. The van der Waals surface area contributed by atoms with Crippen LogP contribution in [0.15, 0.2) is 35.5 Å². The van der Waals surface area contributed by atoms with Crippen LogP contribution in [0.25, 0.3) is 0 Å². The van der Waals surface area contributed by atoms with E-state index in [2.05, 4.69) is 29.4 Å². The van der Waals surface area contributed by atoms with Crippen LogP contribution in [-0.2, 0) is 9.53 Å². The summed E-state index contributed by atoms with van der Waals surface area (Å²) in [6.07, 6.45) is 5.94. The Balaban J connectivity index is 1.77. The van der Waals surface area contributed by atoms with Crippen LogP contribution < -0.4 is 15.5 Å². The molecular weight excluding hydrogens is 366 g/mol. The van der Waals surface area contributed by atoms with Crippen molar-refractivity contribution < 1.29 is 14.3 Å². The highest BCUT2D eigenvalue weighted by atomic mass is 16.5. The molecule has 0 saturated heterocycles. The molecule has 2 N–H and O–H groups in total. The molecule has 0 unspecified atom stereocenters. The van der Waals surface area contributed by atoms with E-state index in [1.54, 1.807) is 6.92 Å². The van der Waals surface area contributed by atoms with Gasteiger partial charge >= 0.3 is 12.0 Å². The Morgan fingerprint density at radius 3 is 2.38 bits per heavy atom. The van der Waals surface area contributed by atoms with E-state index in [-0.39, 0.29) is 12.0 Å². The van der Waals surface area contributed by atoms with Crippen LogP contribution in [0.4, 0.5) is 10.5 Å². The molecule has 1 aromatic carbocycles. The van der Waals surface area contributed by atoms with E-state index in [1.807, 2.05) is 24.3 Å². The molecular formula is C23H33N3O3. The van der Waals surface area contributed by atoms with E-state index in [1.165, 1.54) is 19.3 Å². The highest BCUT2D eigenvalue weighted by Crippen LogP contribution is 2.30. The van der Waals surface area contributed by atoms with Gasteiger partial charge in [0.05, 0.1) is 18.2 Å². The van der Waals surface area contributed by atoms with E-state index in [0.717, 1.165) is 37.2 Å². The standard InChI is InChI=1S/C23H33N3O3/c1-4-26(5-2)19-13-11-18(12-14-19)21-20(16(3)24-23(28)25-21)22(27)29-15-17-9-7-6-8-10-17/h11-14,17,21H,4-10,15H2,1-3H3,(H2,24,25,28)/t21-/m1/s1. The molecule has 6 heteroatoms. The Kier molecular flexibility index (Phi) is 7.18.